The summed E-state index contributed by atoms with van der Waals surface area (Å²) in [6.45, 7) is 3.50. The van der Waals surface area contributed by atoms with Crippen molar-refractivity contribution >= 4 is 15.9 Å². The zero-order valence-electron chi connectivity index (χ0n) is 10.4. The number of halogens is 1. The Bertz CT molecular complexity index is 396. The molecule has 3 rings (SSSR count). The van der Waals surface area contributed by atoms with Crippen molar-refractivity contribution < 1.29 is 0 Å². The highest BCUT2D eigenvalue weighted by Crippen LogP contribution is 2.55. The Kier molecular flexibility index (Phi) is 3.04. The summed E-state index contributed by atoms with van der Waals surface area (Å²) in [5.74, 6) is 0.884. The Morgan fingerprint density at radius 1 is 1.29 bits per heavy atom. The fraction of sp³-hybridized carbons (Fsp3) is 0.600. The number of hydrogen-bond donors (Lipinski definition) is 1. The lowest BCUT2D eigenvalue weighted by Crippen LogP contribution is -2.30. The monoisotopic (exact) mass is 293 g/mol. The summed E-state index contributed by atoms with van der Waals surface area (Å²) in [6.07, 6.45) is 5.44. The van der Waals surface area contributed by atoms with E-state index in [1.54, 1.807) is 0 Å². The second kappa shape index (κ2) is 4.40. The third-order valence-corrected chi connectivity index (χ3v) is 4.96. The minimum absolute atomic E-state index is 0.442. The Labute approximate surface area is 112 Å². The molecule has 0 aliphatic heterocycles. The van der Waals surface area contributed by atoms with E-state index in [9.17, 15) is 0 Å². The smallest absolute Gasteiger partial charge is 0.0175 e. The minimum Gasteiger partial charge on any atom is -0.313 e. The lowest BCUT2D eigenvalue weighted by molar-refractivity contribution is 0.522. The minimum atomic E-state index is 0.442. The summed E-state index contributed by atoms with van der Waals surface area (Å²) in [5.41, 5.74) is 1.97. The number of benzene rings is 1. The predicted molar refractivity (Wildman–Crippen MR) is 75.2 cm³/mol. The molecular weight excluding hydrogens is 274 g/mol. The summed E-state index contributed by atoms with van der Waals surface area (Å²) in [7, 11) is 0. The largest absolute Gasteiger partial charge is 0.313 e. The van der Waals surface area contributed by atoms with Crippen LogP contribution < -0.4 is 5.32 Å². The molecule has 2 unspecified atom stereocenters. The zero-order chi connectivity index (χ0) is 11.9. The molecule has 0 heterocycles. The van der Waals surface area contributed by atoms with E-state index in [4.69, 9.17) is 0 Å². The van der Waals surface area contributed by atoms with Crippen LogP contribution >= 0.6 is 15.9 Å². The molecule has 1 aromatic rings. The van der Waals surface area contributed by atoms with Crippen LogP contribution in [0.4, 0.5) is 0 Å². The number of nitrogens with one attached hydrogen (secondary N) is 1. The van der Waals surface area contributed by atoms with E-state index in [1.165, 1.54) is 42.3 Å². The van der Waals surface area contributed by atoms with Crippen LogP contribution in [0.15, 0.2) is 28.7 Å². The molecule has 1 nitrogen and oxygen atoms in total. The van der Waals surface area contributed by atoms with Crippen molar-refractivity contribution in [2.24, 2.45) is 5.92 Å². The van der Waals surface area contributed by atoms with Crippen LogP contribution in [-0.2, 0) is 5.41 Å². The van der Waals surface area contributed by atoms with Crippen LogP contribution in [0.3, 0.4) is 0 Å². The van der Waals surface area contributed by atoms with Gasteiger partial charge in [-0.1, -0.05) is 41.4 Å². The molecule has 0 spiro atoms. The van der Waals surface area contributed by atoms with Gasteiger partial charge in [-0.15, -0.1) is 0 Å². The molecule has 2 aliphatic carbocycles. The quantitative estimate of drug-likeness (QED) is 0.869. The Hall–Kier alpha value is -0.340. The van der Waals surface area contributed by atoms with E-state index in [0.717, 1.165) is 12.0 Å². The highest BCUT2D eigenvalue weighted by molar-refractivity contribution is 9.10. The van der Waals surface area contributed by atoms with Gasteiger partial charge in [0.05, 0.1) is 0 Å². The molecule has 2 heteroatoms. The first kappa shape index (κ1) is 11.7. The first-order valence-corrected chi connectivity index (χ1v) is 7.53. The maximum absolute atomic E-state index is 3.73. The SMILES string of the molecule is CCC1CC1(CNC1CC1)c1ccc(Br)cc1. The lowest BCUT2D eigenvalue weighted by atomic mass is 9.92. The van der Waals surface area contributed by atoms with Gasteiger partial charge in [0.1, 0.15) is 0 Å². The Morgan fingerprint density at radius 3 is 2.53 bits per heavy atom. The van der Waals surface area contributed by atoms with Crippen LogP contribution in [0.5, 0.6) is 0 Å². The molecule has 2 atom stereocenters. The topological polar surface area (TPSA) is 12.0 Å². The molecule has 1 aromatic carbocycles. The van der Waals surface area contributed by atoms with E-state index >= 15 is 0 Å². The summed E-state index contributed by atoms with van der Waals surface area (Å²) in [4.78, 5) is 0. The van der Waals surface area contributed by atoms with Gasteiger partial charge in [-0.3, -0.25) is 0 Å². The third-order valence-electron chi connectivity index (χ3n) is 4.43. The standard InChI is InChI=1S/C15H20BrN/c1-2-11-9-15(11,10-17-14-7-8-14)12-3-5-13(16)6-4-12/h3-6,11,14,17H,2,7-10H2,1H3. The van der Waals surface area contributed by atoms with Crippen molar-refractivity contribution in [1.82, 2.24) is 5.32 Å². The maximum atomic E-state index is 3.73. The van der Waals surface area contributed by atoms with Gasteiger partial charge in [-0.25, -0.2) is 0 Å². The molecule has 0 bridgehead atoms. The van der Waals surface area contributed by atoms with Gasteiger partial charge in [0.2, 0.25) is 0 Å². The molecule has 2 saturated carbocycles. The molecule has 17 heavy (non-hydrogen) atoms. The van der Waals surface area contributed by atoms with Crippen LogP contribution in [0.25, 0.3) is 0 Å². The Morgan fingerprint density at radius 2 is 2.00 bits per heavy atom. The van der Waals surface area contributed by atoms with Crippen LogP contribution in [0, 0.1) is 5.92 Å². The van der Waals surface area contributed by atoms with E-state index < -0.39 is 0 Å². The number of rotatable bonds is 5. The summed E-state index contributed by atoms with van der Waals surface area (Å²) >= 11 is 3.52. The Balaban J connectivity index is 1.76. The van der Waals surface area contributed by atoms with Crippen molar-refractivity contribution in [3.8, 4) is 0 Å². The first-order valence-electron chi connectivity index (χ1n) is 6.74. The summed E-state index contributed by atoms with van der Waals surface area (Å²) in [6, 6.07) is 9.78. The van der Waals surface area contributed by atoms with E-state index in [2.05, 4.69) is 52.4 Å². The highest BCUT2D eigenvalue weighted by atomic mass is 79.9. The number of hydrogen-bond acceptors (Lipinski definition) is 1. The van der Waals surface area contributed by atoms with E-state index in [-0.39, 0.29) is 0 Å². The third kappa shape index (κ3) is 2.30. The van der Waals surface area contributed by atoms with E-state index in [0.29, 0.717) is 5.41 Å². The molecule has 1 N–H and O–H groups in total. The fourth-order valence-electron chi connectivity index (χ4n) is 2.98. The van der Waals surface area contributed by atoms with Gasteiger partial charge in [0.15, 0.2) is 0 Å². The van der Waals surface area contributed by atoms with Crippen LogP contribution in [-0.4, -0.2) is 12.6 Å². The fourth-order valence-corrected chi connectivity index (χ4v) is 3.25. The molecule has 2 fully saturated rings. The lowest BCUT2D eigenvalue weighted by Gasteiger charge is -2.19. The van der Waals surface area contributed by atoms with Gasteiger partial charge in [-0.05, 0) is 42.9 Å². The predicted octanol–water partition coefficient (Wildman–Crippen LogP) is 3.87. The van der Waals surface area contributed by atoms with Crippen molar-refractivity contribution in [2.75, 3.05) is 6.54 Å². The van der Waals surface area contributed by atoms with Crippen LogP contribution in [0.1, 0.15) is 38.2 Å². The highest BCUT2D eigenvalue weighted by Gasteiger charge is 2.53. The van der Waals surface area contributed by atoms with Gasteiger partial charge < -0.3 is 5.32 Å². The molecule has 92 valence electrons. The van der Waals surface area contributed by atoms with Crippen molar-refractivity contribution in [2.45, 2.75) is 44.1 Å². The van der Waals surface area contributed by atoms with E-state index in [1.807, 2.05) is 0 Å². The van der Waals surface area contributed by atoms with Crippen molar-refractivity contribution in [3.05, 3.63) is 34.3 Å². The molecule has 0 amide bonds. The second-order valence-corrected chi connectivity index (χ2v) is 6.54. The van der Waals surface area contributed by atoms with Gasteiger partial charge in [-0.2, -0.15) is 0 Å². The molecule has 2 aliphatic rings. The second-order valence-electron chi connectivity index (χ2n) is 5.63. The molecule has 0 radical (unpaired) electrons. The van der Waals surface area contributed by atoms with Crippen molar-refractivity contribution in [1.29, 1.82) is 0 Å². The zero-order valence-corrected chi connectivity index (χ0v) is 12.0. The average molecular weight is 294 g/mol. The normalized spacial score (nSPS) is 31.5. The van der Waals surface area contributed by atoms with Gasteiger partial charge in [0.25, 0.3) is 0 Å². The maximum Gasteiger partial charge on any atom is 0.0175 e. The van der Waals surface area contributed by atoms with Gasteiger partial charge in [0, 0.05) is 22.5 Å². The molecule has 0 aromatic heterocycles. The summed E-state index contributed by atoms with van der Waals surface area (Å²) < 4.78 is 1.18. The average Bonchev–Trinajstić information content (AvgIpc) is 3.23. The first-order chi connectivity index (χ1) is 8.24. The molecule has 0 saturated heterocycles. The van der Waals surface area contributed by atoms with Crippen molar-refractivity contribution in [3.63, 3.8) is 0 Å². The van der Waals surface area contributed by atoms with Gasteiger partial charge >= 0.3 is 0 Å². The molecular formula is C15H20BrN. The van der Waals surface area contributed by atoms with Crippen LogP contribution in [0.2, 0.25) is 0 Å². The summed E-state index contributed by atoms with van der Waals surface area (Å²) in [5, 5.41) is 3.73.